The molecule has 0 saturated heterocycles. The topological polar surface area (TPSA) is 70.1 Å². The average molecular weight is 295 g/mol. The van der Waals surface area contributed by atoms with Crippen LogP contribution in [-0.4, -0.2) is 22.1 Å². The predicted molar refractivity (Wildman–Crippen MR) is 86.5 cm³/mol. The van der Waals surface area contributed by atoms with Crippen LogP contribution in [0.25, 0.3) is 22.4 Å². The van der Waals surface area contributed by atoms with Gasteiger partial charge < -0.3 is 15.0 Å². The standard InChI is InChI=1S/C17H17N3O2/c1-3-22-17(21)12-8-6-10-14-15(12)19-16(20(14)2)11-7-4-5-9-13(11)18/h4-10H,3,18H2,1-2H3. The minimum absolute atomic E-state index is 0.334. The Kier molecular flexibility index (Phi) is 3.55. The fraction of sp³-hybridized carbons (Fsp3) is 0.176. The van der Waals surface area contributed by atoms with E-state index in [0.29, 0.717) is 23.4 Å². The second-order valence-corrected chi connectivity index (χ2v) is 4.98. The number of nitrogens with two attached hydrogens (primary N) is 1. The average Bonchev–Trinajstić information content (AvgIpc) is 2.85. The third kappa shape index (κ3) is 2.20. The van der Waals surface area contributed by atoms with Crippen molar-refractivity contribution in [3.63, 3.8) is 0 Å². The number of aryl methyl sites for hydroxylation is 1. The summed E-state index contributed by atoms with van der Waals surface area (Å²) in [7, 11) is 1.91. The molecular formula is C17H17N3O2. The zero-order valence-corrected chi connectivity index (χ0v) is 12.5. The molecule has 0 aliphatic rings. The lowest BCUT2D eigenvalue weighted by Gasteiger charge is -2.05. The molecule has 5 heteroatoms. The Morgan fingerprint density at radius 1 is 1.23 bits per heavy atom. The molecule has 0 unspecified atom stereocenters. The van der Waals surface area contributed by atoms with Gasteiger partial charge in [0, 0.05) is 18.3 Å². The Labute approximate surface area is 128 Å². The number of benzene rings is 2. The van der Waals surface area contributed by atoms with E-state index in [4.69, 9.17) is 10.5 Å². The van der Waals surface area contributed by atoms with Gasteiger partial charge in [0.2, 0.25) is 0 Å². The van der Waals surface area contributed by atoms with Gasteiger partial charge in [-0.1, -0.05) is 18.2 Å². The van der Waals surface area contributed by atoms with E-state index in [-0.39, 0.29) is 5.97 Å². The Hall–Kier alpha value is -2.82. The van der Waals surface area contributed by atoms with Crippen LogP contribution in [0.2, 0.25) is 0 Å². The lowest BCUT2D eigenvalue weighted by molar-refractivity contribution is 0.0528. The first-order valence-electron chi connectivity index (χ1n) is 7.11. The zero-order chi connectivity index (χ0) is 15.7. The lowest BCUT2D eigenvalue weighted by Crippen LogP contribution is -2.05. The van der Waals surface area contributed by atoms with Crippen molar-refractivity contribution in [1.82, 2.24) is 9.55 Å². The van der Waals surface area contributed by atoms with E-state index < -0.39 is 0 Å². The summed E-state index contributed by atoms with van der Waals surface area (Å²) in [4.78, 5) is 16.7. The number of nitrogen functional groups attached to an aromatic ring is 1. The molecule has 2 aromatic carbocycles. The molecule has 0 fully saturated rings. The number of carbonyl (C=O) groups excluding carboxylic acids is 1. The quantitative estimate of drug-likeness (QED) is 0.595. The zero-order valence-electron chi connectivity index (χ0n) is 12.5. The Bertz CT molecular complexity index is 852. The number of hydrogen-bond acceptors (Lipinski definition) is 4. The Morgan fingerprint density at radius 3 is 2.73 bits per heavy atom. The van der Waals surface area contributed by atoms with Gasteiger partial charge >= 0.3 is 5.97 Å². The lowest BCUT2D eigenvalue weighted by atomic mass is 10.2. The summed E-state index contributed by atoms with van der Waals surface area (Å²) in [6.45, 7) is 2.12. The monoisotopic (exact) mass is 295 g/mol. The fourth-order valence-electron chi connectivity index (χ4n) is 2.53. The van der Waals surface area contributed by atoms with Gasteiger partial charge in [0.05, 0.1) is 17.7 Å². The number of carbonyl (C=O) groups is 1. The highest BCUT2D eigenvalue weighted by molar-refractivity contribution is 6.03. The molecule has 0 radical (unpaired) electrons. The largest absolute Gasteiger partial charge is 0.462 e. The number of para-hydroxylation sites is 2. The number of anilines is 1. The van der Waals surface area contributed by atoms with Crippen LogP contribution in [0, 0.1) is 0 Å². The van der Waals surface area contributed by atoms with Crippen LogP contribution in [0.5, 0.6) is 0 Å². The van der Waals surface area contributed by atoms with Crippen molar-refractivity contribution in [3.05, 3.63) is 48.0 Å². The summed E-state index contributed by atoms with van der Waals surface area (Å²) in [5, 5.41) is 0. The molecule has 1 heterocycles. The van der Waals surface area contributed by atoms with Crippen molar-refractivity contribution in [2.45, 2.75) is 6.92 Å². The third-order valence-corrected chi connectivity index (χ3v) is 3.61. The molecule has 3 aromatic rings. The first-order chi connectivity index (χ1) is 10.6. The molecule has 2 N–H and O–H groups in total. The van der Waals surface area contributed by atoms with Gasteiger partial charge in [0.15, 0.2) is 0 Å². The summed E-state index contributed by atoms with van der Waals surface area (Å²) in [5.41, 5.74) is 9.50. The Balaban J connectivity index is 2.23. The van der Waals surface area contributed by atoms with Crippen LogP contribution in [-0.2, 0) is 11.8 Å². The number of fused-ring (bicyclic) bond motifs is 1. The number of esters is 1. The maximum Gasteiger partial charge on any atom is 0.340 e. The number of ether oxygens (including phenoxy) is 1. The minimum Gasteiger partial charge on any atom is -0.462 e. The molecular weight excluding hydrogens is 278 g/mol. The smallest absolute Gasteiger partial charge is 0.340 e. The van der Waals surface area contributed by atoms with Crippen molar-refractivity contribution in [2.75, 3.05) is 12.3 Å². The molecule has 0 spiro atoms. The van der Waals surface area contributed by atoms with Gasteiger partial charge in [-0.05, 0) is 31.2 Å². The van der Waals surface area contributed by atoms with Crippen LogP contribution in [0.15, 0.2) is 42.5 Å². The molecule has 22 heavy (non-hydrogen) atoms. The predicted octanol–water partition coefficient (Wildman–Crippen LogP) is 3.00. The molecule has 3 rings (SSSR count). The van der Waals surface area contributed by atoms with Crippen LogP contribution in [0.1, 0.15) is 17.3 Å². The second-order valence-electron chi connectivity index (χ2n) is 4.98. The second kappa shape index (κ2) is 5.52. The number of imidazole rings is 1. The number of hydrogen-bond donors (Lipinski definition) is 1. The molecule has 0 amide bonds. The van der Waals surface area contributed by atoms with Crippen molar-refractivity contribution < 1.29 is 9.53 Å². The molecule has 0 saturated carbocycles. The number of aromatic nitrogens is 2. The summed E-state index contributed by atoms with van der Waals surface area (Å²) >= 11 is 0. The number of nitrogens with zero attached hydrogens (tertiary/aromatic N) is 2. The van der Waals surface area contributed by atoms with Crippen molar-refractivity contribution in [3.8, 4) is 11.4 Å². The summed E-state index contributed by atoms with van der Waals surface area (Å²) in [6.07, 6.45) is 0. The van der Waals surface area contributed by atoms with Gasteiger partial charge in [-0.25, -0.2) is 9.78 Å². The summed E-state index contributed by atoms with van der Waals surface area (Å²) in [6, 6.07) is 13.0. The third-order valence-electron chi connectivity index (χ3n) is 3.61. The van der Waals surface area contributed by atoms with Gasteiger partial charge in [-0.2, -0.15) is 0 Å². The highest BCUT2D eigenvalue weighted by atomic mass is 16.5. The van der Waals surface area contributed by atoms with Gasteiger partial charge in [0.1, 0.15) is 11.3 Å². The van der Waals surface area contributed by atoms with Crippen LogP contribution in [0.4, 0.5) is 5.69 Å². The van der Waals surface area contributed by atoms with Crippen molar-refractivity contribution >= 4 is 22.7 Å². The molecule has 0 bridgehead atoms. The highest BCUT2D eigenvalue weighted by Gasteiger charge is 2.18. The van der Waals surface area contributed by atoms with E-state index in [1.54, 1.807) is 13.0 Å². The van der Waals surface area contributed by atoms with E-state index in [0.717, 1.165) is 16.9 Å². The van der Waals surface area contributed by atoms with Crippen LogP contribution >= 0.6 is 0 Å². The van der Waals surface area contributed by atoms with E-state index >= 15 is 0 Å². The van der Waals surface area contributed by atoms with Gasteiger partial charge in [-0.3, -0.25) is 0 Å². The molecule has 1 aromatic heterocycles. The normalized spacial score (nSPS) is 10.8. The Morgan fingerprint density at radius 2 is 2.00 bits per heavy atom. The SMILES string of the molecule is CCOC(=O)c1cccc2c1nc(-c1ccccc1N)n2C. The van der Waals surface area contributed by atoms with Gasteiger partial charge in [-0.15, -0.1) is 0 Å². The van der Waals surface area contributed by atoms with Crippen molar-refractivity contribution in [2.24, 2.45) is 7.05 Å². The maximum absolute atomic E-state index is 12.1. The molecule has 0 aliphatic heterocycles. The maximum atomic E-state index is 12.1. The summed E-state index contributed by atoms with van der Waals surface area (Å²) in [5.74, 6) is 0.364. The minimum atomic E-state index is -0.362. The first-order valence-corrected chi connectivity index (χ1v) is 7.11. The first kappa shape index (κ1) is 14.1. The van der Waals surface area contributed by atoms with E-state index in [1.807, 2.05) is 48.0 Å². The highest BCUT2D eigenvalue weighted by Crippen LogP contribution is 2.29. The van der Waals surface area contributed by atoms with Gasteiger partial charge in [0.25, 0.3) is 0 Å². The van der Waals surface area contributed by atoms with E-state index in [1.165, 1.54) is 0 Å². The molecule has 5 nitrogen and oxygen atoms in total. The van der Waals surface area contributed by atoms with E-state index in [2.05, 4.69) is 4.98 Å². The van der Waals surface area contributed by atoms with Crippen LogP contribution < -0.4 is 5.73 Å². The van der Waals surface area contributed by atoms with Crippen LogP contribution in [0.3, 0.4) is 0 Å². The fourth-order valence-corrected chi connectivity index (χ4v) is 2.53. The molecule has 0 aliphatic carbocycles. The number of rotatable bonds is 3. The molecule has 112 valence electrons. The summed E-state index contributed by atoms with van der Waals surface area (Å²) < 4.78 is 7.04. The van der Waals surface area contributed by atoms with Crippen molar-refractivity contribution in [1.29, 1.82) is 0 Å². The molecule has 0 atom stereocenters. The van der Waals surface area contributed by atoms with E-state index in [9.17, 15) is 4.79 Å².